The van der Waals surface area contributed by atoms with Crippen molar-refractivity contribution in [1.82, 2.24) is 4.98 Å². The lowest BCUT2D eigenvalue weighted by molar-refractivity contribution is 0.0601. The monoisotopic (exact) mass is 372 g/mol. The van der Waals surface area contributed by atoms with Crippen molar-refractivity contribution in [2.24, 2.45) is 5.11 Å². The van der Waals surface area contributed by atoms with Crippen molar-refractivity contribution in [2.45, 2.75) is 51.4 Å². The number of nitrogens with one attached hydrogen (secondary N) is 2. The minimum Gasteiger partial charge on any atom is -0.465 e. The summed E-state index contributed by atoms with van der Waals surface area (Å²) in [5.41, 5.74) is 10.1. The van der Waals surface area contributed by atoms with Crippen molar-refractivity contribution in [2.75, 3.05) is 12.4 Å². The zero-order chi connectivity index (χ0) is 19.1. The first-order chi connectivity index (χ1) is 12.2. The number of nitrogens with zero attached hydrogens (tertiary/aromatic N) is 2. The number of rotatable bonds is 4. The summed E-state index contributed by atoms with van der Waals surface area (Å²) in [5, 5.41) is 7.61. The van der Waals surface area contributed by atoms with E-state index in [0.717, 1.165) is 23.7 Å². The Kier molecular flexibility index (Phi) is 4.60. The number of aromatic nitrogens is 1. The Labute approximate surface area is 157 Å². The zero-order valence-corrected chi connectivity index (χ0v) is 16.6. The van der Waals surface area contributed by atoms with E-state index in [4.69, 9.17) is 15.3 Å². The van der Waals surface area contributed by atoms with Crippen LogP contribution >= 0.6 is 11.3 Å². The van der Waals surface area contributed by atoms with Gasteiger partial charge in [0.2, 0.25) is 0 Å². The van der Waals surface area contributed by atoms with Crippen molar-refractivity contribution in [3.8, 4) is 0 Å². The summed E-state index contributed by atoms with van der Waals surface area (Å²) >= 11 is 1.66. The molecule has 3 rings (SSSR count). The second-order valence-electron chi connectivity index (χ2n) is 7.92. The van der Waals surface area contributed by atoms with Gasteiger partial charge in [0.15, 0.2) is 5.13 Å². The predicted molar refractivity (Wildman–Crippen MR) is 103 cm³/mol. The molecule has 138 valence electrons. The number of carbonyl (C=O) groups is 1. The minimum absolute atomic E-state index is 0.0542. The first kappa shape index (κ1) is 18.5. The highest BCUT2D eigenvalue weighted by Gasteiger charge is 2.40. The quantitative estimate of drug-likeness (QED) is 0.533. The van der Waals surface area contributed by atoms with Crippen LogP contribution in [0, 0.1) is 5.53 Å². The second-order valence-corrected chi connectivity index (χ2v) is 8.92. The number of hydrogen-bond donors (Lipinski definition) is 2. The van der Waals surface area contributed by atoms with Gasteiger partial charge in [-0.25, -0.2) is 15.3 Å². The van der Waals surface area contributed by atoms with Crippen LogP contribution in [-0.2, 0) is 15.6 Å². The highest BCUT2D eigenvalue weighted by Crippen LogP contribution is 2.49. The lowest BCUT2D eigenvalue weighted by Gasteiger charge is -2.37. The number of fused-ring (bicyclic) bond motifs is 1. The maximum absolute atomic E-state index is 11.7. The number of carbonyl (C=O) groups excluding carboxylic acids is 1. The molecule has 2 N–H and O–H groups in total. The molecule has 0 saturated heterocycles. The molecule has 0 bridgehead atoms. The molecule has 26 heavy (non-hydrogen) atoms. The molecule has 0 atom stereocenters. The van der Waals surface area contributed by atoms with Crippen LogP contribution in [-0.4, -0.2) is 18.1 Å². The summed E-state index contributed by atoms with van der Waals surface area (Å²) in [7, 11) is 1.33. The van der Waals surface area contributed by atoms with Crippen molar-refractivity contribution < 1.29 is 9.53 Å². The van der Waals surface area contributed by atoms with Gasteiger partial charge in [0.25, 0.3) is 0 Å². The molecular formula is C19H24N4O2S. The van der Waals surface area contributed by atoms with E-state index in [0.29, 0.717) is 16.9 Å². The largest absolute Gasteiger partial charge is 0.465 e. The highest BCUT2D eigenvalue weighted by molar-refractivity contribution is 7.16. The van der Waals surface area contributed by atoms with Gasteiger partial charge in [-0.3, -0.25) is 0 Å². The third kappa shape index (κ3) is 3.23. The number of thiazole rings is 1. The van der Waals surface area contributed by atoms with Gasteiger partial charge in [-0.05, 0) is 31.0 Å². The second kappa shape index (κ2) is 6.46. The fraction of sp³-hybridized carbons (Fsp3) is 0.474. The Bertz CT molecular complexity index is 837. The fourth-order valence-electron chi connectivity index (χ4n) is 3.24. The Morgan fingerprint density at radius 2 is 1.96 bits per heavy atom. The maximum atomic E-state index is 11.7. The third-order valence-corrected chi connectivity index (χ3v) is 6.38. The third-order valence-electron chi connectivity index (χ3n) is 5.04. The number of ether oxygens (including phenoxy) is 1. The van der Waals surface area contributed by atoms with E-state index in [1.165, 1.54) is 12.0 Å². The molecule has 0 fully saturated rings. The number of esters is 1. The smallest absolute Gasteiger partial charge is 0.337 e. The van der Waals surface area contributed by atoms with E-state index in [1.807, 2.05) is 0 Å². The molecule has 0 saturated carbocycles. The molecule has 0 spiro atoms. The fourth-order valence-corrected chi connectivity index (χ4v) is 4.53. The molecule has 1 heterocycles. The summed E-state index contributed by atoms with van der Waals surface area (Å²) in [6, 6.07) is 4.93. The van der Waals surface area contributed by atoms with Gasteiger partial charge in [0, 0.05) is 15.7 Å². The van der Waals surface area contributed by atoms with Gasteiger partial charge in [-0.15, -0.1) is 11.3 Å². The van der Waals surface area contributed by atoms with Gasteiger partial charge < -0.3 is 10.1 Å². The molecule has 6 nitrogen and oxygen atoms in total. The van der Waals surface area contributed by atoms with E-state index in [9.17, 15) is 4.79 Å². The van der Waals surface area contributed by atoms with Gasteiger partial charge in [0.05, 0.1) is 24.1 Å². The van der Waals surface area contributed by atoms with Crippen LogP contribution in [0.5, 0.6) is 0 Å². The topological polar surface area (TPSA) is 87.4 Å². The number of benzene rings is 1. The van der Waals surface area contributed by atoms with Crippen LogP contribution in [0.3, 0.4) is 0 Å². The van der Waals surface area contributed by atoms with Gasteiger partial charge in [-0.2, -0.15) is 5.11 Å². The highest BCUT2D eigenvalue weighted by atomic mass is 32.1. The maximum Gasteiger partial charge on any atom is 0.337 e. The van der Waals surface area contributed by atoms with E-state index in [2.05, 4.69) is 38.1 Å². The summed E-state index contributed by atoms with van der Waals surface area (Å²) < 4.78 is 4.72. The van der Waals surface area contributed by atoms with E-state index in [-0.39, 0.29) is 10.8 Å². The van der Waals surface area contributed by atoms with Crippen LogP contribution < -0.4 is 5.32 Å². The first-order valence-electron chi connectivity index (χ1n) is 8.56. The molecule has 2 aromatic rings. The lowest BCUT2D eigenvalue weighted by atomic mass is 9.69. The summed E-state index contributed by atoms with van der Waals surface area (Å²) in [4.78, 5) is 17.8. The molecule has 0 radical (unpaired) electrons. The van der Waals surface area contributed by atoms with Crippen molar-refractivity contribution in [1.29, 1.82) is 5.53 Å². The van der Waals surface area contributed by atoms with Crippen LogP contribution in [0.15, 0.2) is 23.3 Å². The minimum atomic E-state index is -0.449. The van der Waals surface area contributed by atoms with Gasteiger partial charge in [-0.1, -0.05) is 27.7 Å². The van der Waals surface area contributed by atoms with Crippen molar-refractivity contribution in [3.63, 3.8) is 0 Å². The van der Waals surface area contributed by atoms with Crippen LogP contribution in [0.25, 0.3) is 0 Å². The Balaban J connectivity index is 1.97. The normalized spacial score (nSPS) is 17.3. The van der Waals surface area contributed by atoms with Gasteiger partial charge >= 0.3 is 5.97 Å². The summed E-state index contributed by atoms with van der Waals surface area (Å²) in [6.07, 6.45) is 2.24. The molecule has 7 heteroatoms. The first-order valence-corrected chi connectivity index (χ1v) is 9.38. The molecule has 1 aromatic carbocycles. The predicted octanol–water partition coefficient (Wildman–Crippen LogP) is 5.68. The number of methoxy groups -OCH3 is 1. The molecule has 1 aromatic heterocycles. The summed E-state index contributed by atoms with van der Waals surface area (Å²) in [6.45, 7) is 9.00. The van der Waals surface area contributed by atoms with Crippen LogP contribution in [0.4, 0.5) is 16.5 Å². The standard InChI is InChI=1S/C19H24N4O2S/c1-18(2)8-9-19(3,4)15-14(18)22-17(26-15)21-12-7-6-11(16(24)25-5)10-13(12)23-20/h6-7,10,20H,8-9H2,1-5H3,(H,21,22). The molecule has 0 unspecified atom stereocenters. The Morgan fingerprint density at radius 3 is 2.58 bits per heavy atom. The summed E-state index contributed by atoms with van der Waals surface area (Å²) in [5.74, 6) is -0.449. The van der Waals surface area contributed by atoms with E-state index < -0.39 is 5.97 Å². The number of anilines is 2. The van der Waals surface area contributed by atoms with Crippen LogP contribution in [0.1, 0.15) is 61.5 Å². The SMILES string of the molecule is COC(=O)c1ccc(Nc2nc3c(s2)C(C)(C)CCC3(C)C)c(N=N)c1. The molecule has 1 aliphatic rings. The Morgan fingerprint density at radius 1 is 1.27 bits per heavy atom. The van der Waals surface area contributed by atoms with Crippen molar-refractivity contribution >= 4 is 33.8 Å². The molecular weight excluding hydrogens is 348 g/mol. The van der Waals surface area contributed by atoms with E-state index >= 15 is 0 Å². The van der Waals surface area contributed by atoms with Gasteiger partial charge in [0.1, 0.15) is 5.69 Å². The average Bonchev–Trinajstić information content (AvgIpc) is 3.05. The molecule has 1 aliphatic carbocycles. The average molecular weight is 372 g/mol. The van der Waals surface area contributed by atoms with E-state index in [1.54, 1.807) is 29.5 Å². The Hall–Kier alpha value is -2.28. The molecule has 0 amide bonds. The molecule has 0 aliphatic heterocycles. The zero-order valence-electron chi connectivity index (χ0n) is 15.8. The number of hydrogen-bond acceptors (Lipinski definition) is 7. The van der Waals surface area contributed by atoms with Crippen LogP contribution in [0.2, 0.25) is 0 Å². The lowest BCUT2D eigenvalue weighted by Crippen LogP contribution is -2.32. The van der Waals surface area contributed by atoms with Crippen molar-refractivity contribution in [3.05, 3.63) is 34.3 Å².